The van der Waals surface area contributed by atoms with Crippen molar-refractivity contribution in [1.82, 2.24) is 5.32 Å². The van der Waals surface area contributed by atoms with Gasteiger partial charge >= 0.3 is 0 Å². The lowest BCUT2D eigenvalue weighted by atomic mass is 9.84. The Balaban J connectivity index is 1.42. The van der Waals surface area contributed by atoms with Gasteiger partial charge in [-0.15, -0.1) is 0 Å². The summed E-state index contributed by atoms with van der Waals surface area (Å²) < 4.78 is 29.8. The maximum atomic E-state index is 12.1. The number of amides is 1. The van der Waals surface area contributed by atoms with Crippen molar-refractivity contribution in [2.45, 2.75) is 117 Å². The largest absolute Gasteiger partial charge is 0.394 e. The summed E-state index contributed by atoms with van der Waals surface area (Å²) in [7, 11) is 1.48. The molecule has 0 spiro atoms. The van der Waals surface area contributed by atoms with Crippen molar-refractivity contribution in [3.05, 3.63) is 0 Å². The van der Waals surface area contributed by atoms with Crippen LogP contribution in [-0.2, 0) is 28.5 Å². The first-order chi connectivity index (χ1) is 20.4. The number of nitrogens with zero attached hydrogens (tertiary/aromatic N) is 1. The monoisotopic (exact) mass is 622 g/mol. The Kier molecular flexibility index (Phi) is 11.8. The summed E-state index contributed by atoms with van der Waals surface area (Å²) in [6.07, 6.45) is -12.4. The molecule has 4 rings (SSSR count). The zero-order chi connectivity index (χ0) is 31.6. The van der Waals surface area contributed by atoms with Gasteiger partial charge in [-0.3, -0.25) is 4.79 Å². The molecule has 43 heavy (non-hydrogen) atoms. The molecule has 0 aromatic heterocycles. The summed E-state index contributed by atoms with van der Waals surface area (Å²) in [5, 5.41) is 64.9. The fourth-order valence-corrected chi connectivity index (χ4v) is 5.99. The molecular weight excluding hydrogens is 576 g/mol. The second kappa shape index (κ2) is 14.8. The van der Waals surface area contributed by atoms with Gasteiger partial charge in [0, 0.05) is 38.3 Å². The smallest absolute Gasteiger partial charge is 0.250 e. The Morgan fingerprint density at radius 3 is 2.33 bits per heavy atom. The van der Waals surface area contributed by atoms with E-state index in [9.17, 15) is 35.4 Å². The molecule has 17 atom stereocenters. The highest BCUT2D eigenvalue weighted by molar-refractivity contribution is 5.81. The number of aliphatic imine (C=N–C) groups is 1. The van der Waals surface area contributed by atoms with E-state index in [4.69, 9.17) is 46.6 Å². The van der Waals surface area contributed by atoms with Crippen LogP contribution >= 0.6 is 0 Å². The summed E-state index contributed by atoms with van der Waals surface area (Å²) in [6.45, 7) is -0.850. The van der Waals surface area contributed by atoms with Gasteiger partial charge in [-0.05, 0) is 12.8 Å². The normalized spacial score (nSPS) is 48.1. The van der Waals surface area contributed by atoms with Crippen molar-refractivity contribution in [3.63, 3.8) is 0 Å². The molecule has 3 aliphatic heterocycles. The van der Waals surface area contributed by atoms with Crippen molar-refractivity contribution >= 4 is 12.1 Å². The Bertz CT molecular complexity index is 954. The minimum absolute atomic E-state index is 0.0887. The van der Waals surface area contributed by atoms with Crippen molar-refractivity contribution in [1.29, 1.82) is 0 Å². The zero-order valence-electron chi connectivity index (χ0n) is 23.8. The second-order valence-corrected chi connectivity index (χ2v) is 11.6. The SMILES string of the molecule is CN=CC1C(O[C@H]2OC(CO)[C@@H](NC(=O)[C@@H](O)CN)CC2O)O[C@H]2CC(N)[C@@H](O[C@@H]3C(N)C[C@@H](N)C(O)C3O)OC2C1O. The van der Waals surface area contributed by atoms with Gasteiger partial charge in [-0.1, -0.05) is 0 Å². The van der Waals surface area contributed by atoms with Crippen molar-refractivity contribution in [2.24, 2.45) is 33.8 Å². The molecule has 248 valence electrons. The van der Waals surface area contributed by atoms with Crippen molar-refractivity contribution < 1.29 is 59.1 Å². The molecule has 4 aliphatic rings. The highest BCUT2D eigenvalue weighted by Crippen LogP contribution is 2.37. The summed E-state index contributed by atoms with van der Waals surface area (Å²) in [4.78, 5) is 16.1. The van der Waals surface area contributed by atoms with E-state index in [-0.39, 0.29) is 25.8 Å². The average molecular weight is 623 g/mol. The summed E-state index contributed by atoms with van der Waals surface area (Å²) in [5.74, 6) is -1.69. The molecule has 1 saturated carbocycles. The Hall–Kier alpha value is -1.46. The summed E-state index contributed by atoms with van der Waals surface area (Å²) in [6, 6.07) is -3.06. The van der Waals surface area contributed by atoms with Crippen LogP contribution in [0.15, 0.2) is 4.99 Å². The number of fused-ring (bicyclic) bond motifs is 1. The van der Waals surface area contributed by atoms with Gasteiger partial charge < -0.3 is 87.6 Å². The maximum absolute atomic E-state index is 12.1. The van der Waals surface area contributed by atoms with Gasteiger partial charge in [0.15, 0.2) is 18.9 Å². The van der Waals surface area contributed by atoms with Gasteiger partial charge in [-0.25, -0.2) is 0 Å². The molecule has 15 N–H and O–H groups in total. The van der Waals surface area contributed by atoms with Crippen LogP contribution in [0.1, 0.15) is 19.3 Å². The lowest BCUT2D eigenvalue weighted by molar-refractivity contribution is -0.369. The number of hydrogen-bond donors (Lipinski definition) is 11. The predicted octanol–water partition coefficient (Wildman–Crippen LogP) is -6.71. The molecule has 4 fully saturated rings. The molecule has 3 heterocycles. The molecule has 0 radical (unpaired) electrons. The molecule has 0 bridgehead atoms. The Morgan fingerprint density at radius 1 is 0.953 bits per heavy atom. The van der Waals surface area contributed by atoms with Crippen molar-refractivity contribution in [2.75, 3.05) is 20.2 Å². The van der Waals surface area contributed by atoms with Crippen LogP contribution in [0.4, 0.5) is 0 Å². The Morgan fingerprint density at radius 2 is 1.67 bits per heavy atom. The lowest BCUT2D eigenvalue weighted by Gasteiger charge is -2.50. The van der Waals surface area contributed by atoms with Gasteiger partial charge in [0.25, 0.3) is 0 Å². The summed E-state index contributed by atoms with van der Waals surface area (Å²) in [5.41, 5.74) is 23.6. The third-order valence-corrected chi connectivity index (χ3v) is 8.44. The molecular formula is C25H46N6O12. The number of hydrogen-bond acceptors (Lipinski definition) is 17. The molecule has 0 aromatic carbocycles. The molecule has 1 aliphatic carbocycles. The minimum atomic E-state index is -1.46. The first kappa shape index (κ1) is 34.4. The second-order valence-electron chi connectivity index (χ2n) is 11.6. The fourth-order valence-electron chi connectivity index (χ4n) is 5.99. The Labute approximate surface area is 248 Å². The van der Waals surface area contributed by atoms with E-state index >= 15 is 0 Å². The number of rotatable bonds is 9. The summed E-state index contributed by atoms with van der Waals surface area (Å²) >= 11 is 0. The van der Waals surface area contributed by atoms with Crippen LogP contribution in [0.25, 0.3) is 0 Å². The number of aliphatic hydroxyl groups is 6. The molecule has 18 heteroatoms. The zero-order valence-corrected chi connectivity index (χ0v) is 23.8. The van der Waals surface area contributed by atoms with Crippen LogP contribution in [0, 0.1) is 5.92 Å². The standard InChI is InChI=1S/C25H46N6O12/c1-30-6-8-17(35)21-15(3-11(29)24(42-21)41-20-10(28)2-9(27)18(36)19(20)37)39-23(8)43-25-13(33)4-12(16(7-32)40-25)31-22(38)14(34)5-26/h6,8-21,23-25,32-37H,2-5,7,26-29H2,1H3,(H,31,38)/t8?,9-,10?,11?,12+,13?,14+,15+,16?,17?,18?,19?,20-,21?,23?,24+,25-/m1/s1. The van der Waals surface area contributed by atoms with Crippen LogP contribution in [-0.4, -0.2) is 161 Å². The van der Waals surface area contributed by atoms with Crippen LogP contribution in [0.3, 0.4) is 0 Å². The van der Waals surface area contributed by atoms with E-state index in [1.54, 1.807) is 0 Å². The number of nitrogens with one attached hydrogen (secondary N) is 1. The number of ether oxygens (including phenoxy) is 5. The van der Waals surface area contributed by atoms with E-state index in [2.05, 4.69) is 10.3 Å². The van der Waals surface area contributed by atoms with Gasteiger partial charge in [0.2, 0.25) is 5.91 Å². The maximum Gasteiger partial charge on any atom is 0.250 e. The third kappa shape index (κ3) is 7.51. The quantitative estimate of drug-likeness (QED) is 0.106. The molecule has 0 aromatic rings. The van der Waals surface area contributed by atoms with Gasteiger partial charge in [0.1, 0.15) is 36.6 Å². The van der Waals surface area contributed by atoms with E-state index in [1.807, 2.05) is 0 Å². The van der Waals surface area contributed by atoms with E-state index < -0.39 is 116 Å². The van der Waals surface area contributed by atoms with Gasteiger partial charge in [-0.2, -0.15) is 0 Å². The van der Waals surface area contributed by atoms with E-state index in [0.717, 1.165) is 0 Å². The number of carbonyl (C=O) groups excluding carboxylic acids is 1. The number of aliphatic hydroxyl groups excluding tert-OH is 6. The highest BCUT2D eigenvalue weighted by Gasteiger charge is 2.53. The van der Waals surface area contributed by atoms with Crippen LogP contribution in [0.5, 0.6) is 0 Å². The lowest BCUT2D eigenvalue weighted by Crippen LogP contribution is -2.67. The highest BCUT2D eigenvalue weighted by atomic mass is 16.8. The average Bonchev–Trinajstić information content (AvgIpc) is 2.97. The number of carbonyl (C=O) groups is 1. The molecule has 18 nitrogen and oxygen atoms in total. The topological polar surface area (TPSA) is 313 Å². The molecule has 1 amide bonds. The van der Waals surface area contributed by atoms with E-state index in [0.29, 0.717) is 0 Å². The third-order valence-electron chi connectivity index (χ3n) is 8.44. The van der Waals surface area contributed by atoms with Crippen LogP contribution in [0.2, 0.25) is 0 Å². The van der Waals surface area contributed by atoms with E-state index in [1.165, 1.54) is 13.3 Å². The van der Waals surface area contributed by atoms with Crippen LogP contribution < -0.4 is 28.3 Å². The van der Waals surface area contributed by atoms with Crippen molar-refractivity contribution in [3.8, 4) is 0 Å². The number of nitrogens with two attached hydrogens (primary N) is 4. The first-order valence-electron chi connectivity index (χ1n) is 14.4. The minimum Gasteiger partial charge on any atom is -0.394 e. The molecule has 3 saturated heterocycles. The predicted molar refractivity (Wildman–Crippen MR) is 146 cm³/mol. The fraction of sp³-hybridized carbons (Fsp3) is 0.920. The molecule has 10 unspecified atom stereocenters. The van der Waals surface area contributed by atoms with Gasteiger partial charge in [0.05, 0.1) is 42.9 Å². The first-order valence-corrected chi connectivity index (χ1v) is 14.4.